The molecule has 0 aliphatic heterocycles. The van der Waals surface area contributed by atoms with Crippen LogP contribution in [0.25, 0.3) is 0 Å². The smallest absolute Gasteiger partial charge is 0.0705 e. The number of para-hydroxylation sites is 1. The van der Waals surface area contributed by atoms with E-state index in [1.54, 1.807) is 11.3 Å². The van der Waals surface area contributed by atoms with Crippen LogP contribution in [0.5, 0.6) is 0 Å². The average molecular weight is 281 g/mol. The molecule has 0 atom stereocenters. The Bertz CT molecular complexity index is 451. The quantitative estimate of drug-likeness (QED) is 0.668. The van der Waals surface area contributed by atoms with Crippen LogP contribution >= 0.6 is 27.3 Å². The minimum absolute atomic E-state index is 0.990. The van der Waals surface area contributed by atoms with E-state index in [1.807, 2.05) is 48.7 Å². The first-order chi connectivity index (χ1) is 7.34. The zero-order chi connectivity index (χ0) is 10.5. The van der Waals surface area contributed by atoms with Gasteiger partial charge in [0.2, 0.25) is 0 Å². The van der Waals surface area contributed by atoms with Gasteiger partial charge in [-0.15, -0.1) is 11.3 Å². The molecule has 0 saturated carbocycles. The van der Waals surface area contributed by atoms with Crippen LogP contribution in [0.15, 0.2) is 51.4 Å². The SMILES string of the molecule is Brc1ccc(/C=N/Nc2ccccc2)s1. The summed E-state index contributed by atoms with van der Waals surface area (Å²) in [7, 11) is 0. The maximum absolute atomic E-state index is 4.14. The van der Waals surface area contributed by atoms with Crippen LogP contribution < -0.4 is 5.43 Å². The van der Waals surface area contributed by atoms with Gasteiger partial charge in [-0.05, 0) is 40.2 Å². The molecule has 0 aliphatic rings. The third-order valence-corrected chi connectivity index (χ3v) is 3.31. The molecule has 2 rings (SSSR count). The van der Waals surface area contributed by atoms with Crippen LogP contribution in [0, 0.1) is 0 Å². The number of thiophene rings is 1. The summed E-state index contributed by atoms with van der Waals surface area (Å²) in [6.45, 7) is 0. The number of anilines is 1. The number of hydrogen-bond donors (Lipinski definition) is 1. The molecule has 1 aromatic carbocycles. The summed E-state index contributed by atoms with van der Waals surface area (Å²) < 4.78 is 1.11. The molecule has 0 bridgehead atoms. The van der Waals surface area contributed by atoms with Gasteiger partial charge in [-0.3, -0.25) is 5.43 Å². The molecule has 76 valence electrons. The van der Waals surface area contributed by atoms with Crippen molar-refractivity contribution in [2.24, 2.45) is 5.10 Å². The van der Waals surface area contributed by atoms with E-state index in [0.717, 1.165) is 14.4 Å². The number of halogens is 1. The summed E-state index contributed by atoms with van der Waals surface area (Å²) in [4.78, 5) is 1.12. The van der Waals surface area contributed by atoms with Gasteiger partial charge < -0.3 is 0 Å². The number of hydrazone groups is 1. The number of nitrogens with one attached hydrogen (secondary N) is 1. The van der Waals surface area contributed by atoms with E-state index in [1.165, 1.54) is 0 Å². The van der Waals surface area contributed by atoms with Crippen molar-refractivity contribution in [3.8, 4) is 0 Å². The highest BCUT2D eigenvalue weighted by Gasteiger charge is 1.92. The summed E-state index contributed by atoms with van der Waals surface area (Å²) in [5.74, 6) is 0. The van der Waals surface area contributed by atoms with E-state index in [9.17, 15) is 0 Å². The Morgan fingerprint density at radius 2 is 1.93 bits per heavy atom. The molecule has 2 aromatic rings. The van der Waals surface area contributed by atoms with Gasteiger partial charge in [0.25, 0.3) is 0 Å². The lowest BCUT2D eigenvalue weighted by Gasteiger charge is -1.96. The van der Waals surface area contributed by atoms with E-state index >= 15 is 0 Å². The van der Waals surface area contributed by atoms with Gasteiger partial charge in [0, 0.05) is 4.88 Å². The fourth-order valence-corrected chi connectivity index (χ4v) is 2.38. The van der Waals surface area contributed by atoms with Crippen LogP contribution in [0.2, 0.25) is 0 Å². The molecule has 1 heterocycles. The highest BCUT2D eigenvalue weighted by atomic mass is 79.9. The third kappa shape index (κ3) is 3.18. The molecule has 2 nitrogen and oxygen atoms in total. The van der Waals surface area contributed by atoms with E-state index < -0.39 is 0 Å². The van der Waals surface area contributed by atoms with Gasteiger partial charge in [-0.2, -0.15) is 5.10 Å². The topological polar surface area (TPSA) is 24.4 Å². The van der Waals surface area contributed by atoms with Gasteiger partial charge in [-0.25, -0.2) is 0 Å². The van der Waals surface area contributed by atoms with E-state index in [-0.39, 0.29) is 0 Å². The molecular formula is C11H9BrN2S. The summed E-state index contributed by atoms with van der Waals surface area (Å²) in [6.07, 6.45) is 1.81. The Morgan fingerprint density at radius 3 is 2.60 bits per heavy atom. The van der Waals surface area contributed by atoms with Crippen LogP contribution in [-0.2, 0) is 0 Å². The van der Waals surface area contributed by atoms with Crippen molar-refractivity contribution in [1.29, 1.82) is 0 Å². The summed E-state index contributed by atoms with van der Waals surface area (Å²) in [5, 5.41) is 4.14. The third-order valence-electron chi connectivity index (χ3n) is 1.75. The normalized spacial score (nSPS) is 10.7. The molecule has 0 spiro atoms. The Morgan fingerprint density at radius 1 is 1.13 bits per heavy atom. The van der Waals surface area contributed by atoms with E-state index in [0.29, 0.717) is 0 Å². The van der Waals surface area contributed by atoms with Crippen LogP contribution in [0.4, 0.5) is 5.69 Å². The lowest BCUT2D eigenvalue weighted by atomic mass is 10.3. The minimum Gasteiger partial charge on any atom is -0.278 e. The average Bonchev–Trinajstić information content (AvgIpc) is 2.66. The van der Waals surface area contributed by atoms with Crippen LogP contribution in [0.1, 0.15) is 4.88 Å². The highest BCUT2D eigenvalue weighted by Crippen LogP contribution is 2.20. The maximum Gasteiger partial charge on any atom is 0.0705 e. The molecule has 0 fully saturated rings. The molecular weight excluding hydrogens is 272 g/mol. The Kier molecular flexibility index (Phi) is 3.53. The number of benzene rings is 1. The lowest BCUT2D eigenvalue weighted by molar-refractivity contribution is 1.35. The highest BCUT2D eigenvalue weighted by molar-refractivity contribution is 9.11. The van der Waals surface area contributed by atoms with Crippen molar-refractivity contribution in [2.45, 2.75) is 0 Å². The largest absolute Gasteiger partial charge is 0.278 e. The van der Waals surface area contributed by atoms with Gasteiger partial charge in [0.1, 0.15) is 0 Å². The predicted octanol–water partition coefficient (Wildman–Crippen LogP) is 3.96. The summed E-state index contributed by atoms with van der Waals surface area (Å²) in [5.41, 5.74) is 3.95. The minimum atomic E-state index is 0.990. The molecule has 1 aromatic heterocycles. The molecule has 15 heavy (non-hydrogen) atoms. The molecule has 0 saturated heterocycles. The van der Waals surface area contributed by atoms with Crippen molar-refractivity contribution in [2.75, 3.05) is 5.43 Å². The van der Waals surface area contributed by atoms with Gasteiger partial charge in [-0.1, -0.05) is 18.2 Å². The van der Waals surface area contributed by atoms with E-state index in [2.05, 4.69) is 26.5 Å². The number of hydrogen-bond acceptors (Lipinski definition) is 3. The van der Waals surface area contributed by atoms with Crippen molar-refractivity contribution < 1.29 is 0 Å². The number of nitrogens with zero attached hydrogens (tertiary/aromatic N) is 1. The second kappa shape index (κ2) is 5.09. The van der Waals surface area contributed by atoms with Gasteiger partial charge in [0.05, 0.1) is 15.7 Å². The van der Waals surface area contributed by atoms with Crippen LogP contribution in [-0.4, -0.2) is 6.21 Å². The first-order valence-electron chi connectivity index (χ1n) is 4.44. The molecule has 4 heteroatoms. The lowest BCUT2D eigenvalue weighted by Crippen LogP contribution is -1.87. The summed E-state index contributed by atoms with van der Waals surface area (Å²) in [6, 6.07) is 13.9. The van der Waals surface area contributed by atoms with E-state index in [4.69, 9.17) is 0 Å². The fourth-order valence-electron chi connectivity index (χ4n) is 1.08. The standard InChI is InChI=1S/C11H9BrN2S/c12-11-7-6-10(15-11)8-13-14-9-4-2-1-3-5-9/h1-8,14H/b13-8+. The van der Waals surface area contributed by atoms with Crippen molar-refractivity contribution >= 4 is 39.2 Å². The molecule has 0 amide bonds. The van der Waals surface area contributed by atoms with Crippen molar-refractivity contribution in [1.82, 2.24) is 0 Å². The Hall–Kier alpha value is -1.13. The van der Waals surface area contributed by atoms with Crippen molar-refractivity contribution in [3.05, 3.63) is 51.1 Å². The molecule has 0 aliphatic carbocycles. The fraction of sp³-hybridized carbons (Fsp3) is 0. The van der Waals surface area contributed by atoms with Crippen molar-refractivity contribution in [3.63, 3.8) is 0 Å². The zero-order valence-corrected chi connectivity index (χ0v) is 10.3. The first-order valence-corrected chi connectivity index (χ1v) is 6.05. The first kappa shape index (κ1) is 10.4. The Balaban J connectivity index is 1.96. The summed E-state index contributed by atoms with van der Waals surface area (Å²) >= 11 is 5.06. The Labute approximate surface area is 101 Å². The zero-order valence-electron chi connectivity index (χ0n) is 7.85. The second-order valence-electron chi connectivity index (χ2n) is 2.88. The predicted molar refractivity (Wildman–Crippen MR) is 69.7 cm³/mol. The van der Waals surface area contributed by atoms with Gasteiger partial charge >= 0.3 is 0 Å². The molecule has 0 unspecified atom stereocenters. The maximum atomic E-state index is 4.14. The second-order valence-corrected chi connectivity index (χ2v) is 5.37. The van der Waals surface area contributed by atoms with Gasteiger partial charge in [0.15, 0.2) is 0 Å². The monoisotopic (exact) mass is 280 g/mol. The van der Waals surface area contributed by atoms with Crippen LogP contribution in [0.3, 0.4) is 0 Å². The number of rotatable bonds is 3. The molecule has 1 N–H and O–H groups in total. The molecule has 0 radical (unpaired) electrons.